The minimum Gasteiger partial charge on any atom is -0.748 e. The Morgan fingerprint density at radius 2 is 1.62 bits per heavy atom. The minimum absolute atomic E-state index is 0.192. The molecule has 2 N–H and O–H groups in total. The van der Waals surface area contributed by atoms with Crippen LogP contribution in [-0.4, -0.2) is 37.3 Å². The third kappa shape index (κ3) is 14.1. The van der Waals surface area contributed by atoms with Crippen LogP contribution in [0.15, 0.2) is 0 Å². The molecule has 1 atom stereocenters. The van der Waals surface area contributed by atoms with Crippen LogP contribution < -0.4 is 5.73 Å². The molecule has 0 aromatic heterocycles. The molecule has 21 heavy (non-hydrogen) atoms. The van der Waals surface area contributed by atoms with Crippen molar-refractivity contribution >= 4 is 16.1 Å². The molecule has 0 radical (unpaired) electrons. The Kier molecular flexibility index (Phi) is 11.6. The molecule has 0 aliphatic carbocycles. The second kappa shape index (κ2) is 11.9. The van der Waals surface area contributed by atoms with Crippen molar-refractivity contribution in [1.82, 2.24) is 0 Å². The van der Waals surface area contributed by atoms with Crippen molar-refractivity contribution in [3.8, 4) is 0 Å². The number of hydrogen-bond donors (Lipinski definition) is 1. The quantitative estimate of drug-likeness (QED) is 0.315. The number of nitrogens with two attached hydrogens (primary N) is 1. The standard InChI is InChI=1S/C14H29NO5S/c1-2-3-4-5-6-7-8-9-11-20-14(16)13(15)10-12-21(17,18)19/h13H,2-12,15H2,1H3,(H,17,18,19)/p-1. The molecule has 0 bridgehead atoms. The van der Waals surface area contributed by atoms with E-state index in [9.17, 15) is 17.8 Å². The van der Waals surface area contributed by atoms with E-state index in [4.69, 9.17) is 10.5 Å². The summed E-state index contributed by atoms with van der Waals surface area (Å²) in [6.45, 7) is 2.48. The van der Waals surface area contributed by atoms with Gasteiger partial charge >= 0.3 is 5.97 Å². The topological polar surface area (TPSA) is 110 Å². The summed E-state index contributed by atoms with van der Waals surface area (Å²) in [7, 11) is -4.33. The molecule has 6 nitrogen and oxygen atoms in total. The zero-order valence-electron chi connectivity index (χ0n) is 12.9. The Bertz CT molecular complexity index is 370. The van der Waals surface area contributed by atoms with Gasteiger partial charge in [0.1, 0.15) is 6.04 Å². The van der Waals surface area contributed by atoms with E-state index in [1.807, 2.05) is 0 Å². The Morgan fingerprint density at radius 1 is 1.10 bits per heavy atom. The molecule has 0 rings (SSSR count). The third-order valence-corrected chi connectivity index (χ3v) is 3.96. The average Bonchev–Trinajstić information content (AvgIpc) is 2.41. The summed E-state index contributed by atoms with van der Waals surface area (Å²) in [5.74, 6) is -1.28. The van der Waals surface area contributed by atoms with Gasteiger partial charge in [-0.2, -0.15) is 0 Å². The van der Waals surface area contributed by atoms with E-state index in [2.05, 4.69) is 6.92 Å². The Morgan fingerprint density at radius 3 is 2.14 bits per heavy atom. The normalized spacial score (nSPS) is 13.1. The summed E-state index contributed by atoms with van der Waals surface area (Å²) in [6, 6.07) is -1.04. The summed E-state index contributed by atoms with van der Waals surface area (Å²) in [5.41, 5.74) is 5.46. The Hall–Kier alpha value is -0.660. The molecular formula is C14H28NO5S-. The first-order chi connectivity index (χ1) is 9.87. The molecule has 7 heteroatoms. The van der Waals surface area contributed by atoms with E-state index < -0.39 is 27.9 Å². The fourth-order valence-corrected chi connectivity index (χ4v) is 2.45. The SMILES string of the molecule is CCCCCCCCCCOC(=O)C(N)CCS(=O)(=O)[O-]. The maximum absolute atomic E-state index is 11.4. The first-order valence-electron chi connectivity index (χ1n) is 7.72. The van der Waals surface area contributed by atoms with Gasteiger partial charge in [-0.1, -0.05) is 51.9 Å². The molecule has 0 fully saturated rings. The maximum Gasteiger partial charge on any atom is 0.322 e. The lowest BCUT2D eigenvalue weighted by molar-refractivity contribution is -0.145. The number of ether oxygens (including phenoxy) is 1. The van der Waals surface area contributed by atoms with Crippen molar-refractivity contribution in [2.45, 2.75) is 70.8 Å². The van der Waals surface area contributed by atoms with Crippen LogP contribution in [-0.2, 0) is 19.6 Å². The minimum atomic E-state index is -4.33. The highest BCUT2D eigenvalue weighted by Crippen LogP contribution is 2.08. The van der Waals surface area contributed by atoms with Crippen LogP contribution in [0.1, 0.15) is 64.7 Å². The monoisotopic (exact) mass is 322 g/mol. The van der Waals surface area contributed by atoms with Crippen molar-refractivity contribution in [1.29, 1.82) is 0 Å². The highest BCUT2D eigenvalue weighted by Gasteiger charge is 2.15. The van der Waals surface area contributed by atoms with Crippen LogP contribution in [0.3, 0.4) is 0 Å². The van der Waals surface area contributed by atoms with Gasteiger partial charge in [0.2, 0.25) is 0 Å². The third-order valence-electron chi connectivity index (χ3n) is 3.22. The van der Waals surface area contributed by atoms with Gasteiger partial charge in [-0.15, -0.1) is 0 Å². The lowest BCUT2D eigenvalue weighted by Gasteiger charge is -2.12. The molecule has 0 saturated heterocycles. The lowest BCUT2D eigenvalue weighted by Crippen LogP contribution is -2.34. The highest BCUT2D eigenvalue weighted by atomic mass is 32.2. The van der Waals surface area contributed by atoms with Gasteiger partial charge < -0.3 is 15.0 Å². The molecule has 0 heterocycles. The lowest BCUT2D eigenvalue weighted by atomic mass is 10.1. The number of esters is 1. The van der Waals surface area contributed by atoms with Crippen LogP contribution in [0, 0.1) is 0 Å². The van der Waals surface area contributed by atoms with Gasteiger partial charge in [-0.05, 0) is 12.8 Å². The van der Waals surface area contributed by atoms with Crippen molar-refractivity contribution in [2.24, 2.45) is 5.73 Å². The fraction of sp³-hybridized carbons (Fsp3) is 0.929. The molecule has 1 unspecified atom stereocenters. The first-order valence-corrected chi connectivity index (χ1v) is 9.30. The van der Waals surface area contributed by atoms with Crippen LogP contribution in [0.5, 0.6) is 0 Å². The number of carbonyl (C=O) groups is 1. The van der Waals surface area contributed by atoms with E-state index in [1.54, 1.807) is 0 Å². The molecule has 0 saturated carbocycles. The van der Waals surface area contributed by atoms with Crippen molar-refractivity contribution in [3.63, 3.8) is 0 Å². The zero-order chi connectivity index (χ0) is 16.1. The zero-order valence-corrected chi connectivity index (χ0v) is 13.7. The van der Waals surface area contributed by atoms with E-state index in [-0.39, 0.29) is 6.42 Å². The summed E-state index contributed by atoms with van der Waals surface area (Å²) in [6.07, 6.45) is 8.98. The van der Waals surface area contributed by atoms with Gasteiger partial charge in [0.15, 0.2) is 0 Å². The molecule has 0 aliphatic heterocycles. The van der Waals surface area contributed by atoms with Gasteiger partial charge in [-0.25, -0.2) is 8.42 Å². The maximum atomic E-state index is 11.4. The molecule has 0 spiro atoms. The van der Waals surface area contributed by atoms with E-state index in [1.165, 1.54) is 32.1 Å². The highest BCUT2D eigenvalue weighted by molar-refractivity contribution is 7.85. The summed E-state index contributed by atoms with van der Waals surface area (Å²) >= 11 is 0. The summed E-state index contributed by atoms with van der Waals surface area (Å²) < 4.78 is 36.2. The Labute approximate surface area is 128 Å². The van der Waals surface area contributed by atoms with Crippen LogP contribution >= 0.6 is 0 Å². The van der Waals surface area contributed by atoms with Crippen molar-refractivity contribution in [2.75, 3.05) is 12.4 Å². The van der Waals surface area contributed by atoms with Gasteiger partial charge in [-0.3, -0.25) is 4.79 Å². The largest absolute Gasteiger partial charge is 0.748 e. The van der Waals surface area contributed by atoms with Crippen molar-refractivity contribution < 1.29 is 22.5 Å². The predicted molar refractivity (Wildman–Crippen MR) is 80.7 cm³/mol. The number of hydrogen-bond acceptors (Lipinski definition) is 6. The summed E-state index contributed by atoms with van der Waals surface area (Å²) in [4.78, 5) is 11.4. The first kappa shape index (κ1) is 20.3. The average molecular weight is 322 g/mol. The van der Waals surface area contributed by atoms with Gasteiger partial charge in [0.25, 0.3) is 0 Å². The molecule has 0 aliphatic rings. The van der Waals surface area contributed by atoms with Gasteiger partial charge in [0.05, 0.1) is 16.7 Å². The van der Waals surface area contributed by atoms with Gasteiger partial charge in [0, 0.05) is 5.75 Å². The van der Waals surface area contributed by atoms with Crippen LogP contribution in [0.25, 0.3) is 0 Å². The fourth-order valence-electron chi connectivity index (χ4n) is 1.90. The van der Waals surface area contributed by atoms with Crippen molar-refractivity contribution in [3.05, 3.63) is 0 Å². The summed E-state index contributed by atoms with van der Waals surface area (Å²) in [5, 5.41) is 0. The van der Waals surface area contributed by atoms with E-state index in [0.29, 0.717) is 6.61 Å². The second-order valence-corrected chi connectivity index (χ2v) is 6.82. The van der Waals surface area contributed by atoms with E-state index in [0.717, 1.165) is 19.3 Å². The molecular weight excluding hydrogens is 294 g/mol. The Balaban J connectivity index is 3.48. The molecule has 0 amide bonds. The molecule has 126 valence electrons. The van der Waals surface area contributed by atoms with Crippen LogP contribution in [0.2, 0.25) is 0 Å². The predicted octanol–water partition coefficient (Wildman–Crippen LogP) is 1.93. The smallest absolute Gasteiger partial charge is 0.322 e. The second-order valence-electron chi connectivity index (χ2n) is 5.30. The molecule has 0 aromatic rings. The number of carbonyl (C=O) groups excluding carboxylic acids is 1. The molecule has 0 aromatic carbocycles. The van der Waals surface area contributed by atoms with Crippen LogP contribution in [0.4, 0.5) is 0 Å². The number of unbranched alkanes of at least 4 members (excludes halogenated alkanes) is 7. The van der Waals surface area contributed by atoms with E-state index >= 15 is 0 Å². The number of rotatable bonds is 13.